The smallest absolute Gasteiger partial charge is 0.340 e. The third-order valence-corrected chi connectivity index (χ3v) is 3.81. The van der Waals surface area contributed by atoms with Crippen molar-refractivity contribution in [1.82, 2.24) is 4.98 Å². The molecule has 1 saturated heterocycles. The number of esters is 1. The minimum absolute atomic E-state index is 0.381. The Balaban J connectivity index is 2.41. The van der Waals surface area contributed by atoms with Crippen molar-refractivity contribution in [3.8, 4) is 0 Å². The van der Waals surface area contributed by atoms with Crippen LogP contribution in [0.2, 0.25) is 0 Å². The fraction of sp³-hybridized carbons (Fsp3) is 0.571. The van der Waals surface area contributed by atoms with Crippen LogP contribution >= 0.6 is 0 Å². The molecule has 1 fully saturated rings. The number of carbonyl (C=O) groups excluding carboxylic acids is 1. The van der Waals surface area contributed by atoms with E-state index in [1.165, 1.54) is 13.5 Å². The molecule has 1 aromatic rings. The zero-order chi connectivity index (χ0) is 14.0. The van der Waals surface area contributed by atoms with Crippen LogP contribution in [-0.4, -0.2) is 30.1 Å². The lowest BCUT2D eigenvalue weighted by atomic mass is 9.97. The highest BCUT2D eigenvalue weighted by Crippen LogP contribution is 2.32. The van der Waals surface area contributed by atoms with E-state index in [1.54, 1.807) is 12.3 Å². The molecule has 2 rings (SSSR count). The molecule has 0 aliphatic carbocycles. The number of methoxy groups -OCH3 is 1. The number of nitrogen functional groups attached to an aromatic ring is 1. The summed E-state index contributed by atoms with van der Waals surface area (Å²) in [4.78, 5) is 18.3. The second kappa shape index (κ2) is 5.47. The topological polar surface area (TPSA) is 68.5 Å². The number of aromatic nitrogens is 1. The van der Waals surface area contributed by atoms with E-state index in [0.717, 1.165) is 12.8 Å². The van der Waals surface area contributed by atoms with E-state index in [4.69, 9.17) is 10.5 Å². The molecule has 0 saturated carbocycles. The maximum absolute atomic E-state index is 11.7. The van der Waals surface area contributed by atoms with Crippen molar-refractivity contribution in [2.24, 2.45) is 0 Å². The lowest BCUT2D eigenvalue weighted by molar-refractivity contribution is 0.0602. The van der Waals surface area contributed by atoms with Crippen LogP contribution in [0.5, 0.6) is 0 Å². The number of pyridine rings is 1. The van der Waals surface area contributed by atoms with Gasteiger partial charge in [0, 0.05) is 18.3 Å². The Hall–Kier alpha value is -1.78. The van der Waals surface area contributed by atoms with E-state index in [-0.39, 0.29) is 0 Å². The van der Waals surface area contributed by atoms with Crippen LogP contribution in [0.1, 0.15) is 43.5 Å². The van der Waals surface area contributed by atoms with Gasteiger partial charge in [0.1, 0.15) is 0 Å². The number of nitrogens with two attached hydrogens (primary N) is 1. The summed E-state index contributed by atoms with van der Waals surface area (Å²) < 4.78 is 4.75. The highest BCUT2D eigenvalue weighted by Gasteiger charge is 2.28. The third kappa shape index (κ3) is 2.50. The minimum atomic E-state index is -0.418. The normalized spacial score (nSPS) is 23.2. The molecular weight excluding hydrogens is 242 g/mol. The van der Waals surface area contributed by atoms with E-state index >= 15 is 0 Å². The van der Waals surface area contributed by atoms with E-state index in [9.17, 15) is 4.79 Å². The Morgan fingerprint density at radius 3 is 2.63 bits per heavy atom. The SMILES string of the molecule is COC(=O)c1ccnc(N2[C@H](C)CCC[C@@H]2C)c1N. The Kier molecular flexibility index (Phi) is 3.93. The standard InChI is InChI=1S/C14H21N3O2/c1-9-5-4-6-10(2)17(9)13-12(15)11(7-8-16-13)14(18)19-3/h7-10H,4-6,15H2,1-3H3/t9-,10+. The second-order valence-corrected chi connectivity index (χ2v) is 5.12. The van der Waals surface area contributed by atoms with E-state index < -0.39 is 5.97 Å². The number of carbonyl (C=O) groups is 1. The number of hydrogen-bond donors (Lipinski definition) is 1. The van der Waals surface area contributed by atoms with Gasteiger partial charge in [-0.25, -0.2) is 9.78 Å². The zero-order valence-electron chi connectivity index (χ0n) is 11.7. The van der Waals surface area contributed by atoms with Crippen molar-refractivity contribution in [3.05, 3.63) is 17.8 Å². The quantitative estimate of drug-likeness (QED) is 0.829. The summed E-state index contributed by atoms with van der Waals surface area (Å²) in [5.74, 6) is 0.279. The van der Waals surface area contributed by atoms with Crippen molar-refractivity contribution >= 4 is 17.5 Å². The Labute approximate surface area is 113 Å². The average molecular weight is 263 g/mol. The van der Waals surface area contributed by atoms with Crippen molar-refractivity contribution < 1.29 is 9.53 Å². The maximum Gasteiger partial charge on any atom is 0.340 e. The molecule has 0 amide bonds. The van der Waals surface area contributed by atoms with Crippen molar-refractivity contribution in [2.75, 3.05) is 17.7 Å². The number of hydrogen-bond acceptors (Lipinski definition) is 5. The molecule has 1 aliphatic heterocycles. The Morgan fingerprint density at radius 2 is 2.05 bits per heavy atom. The molecule has 1 aliphatic rings. The Morgan fingerprint density at radius 1 is 1.42 bits per heavy atom. The first-order valence-electron chi connectivity index (χ1n) is 6.67. The fourth-order valence-electron chi connectivity index (χ4n) is 2.79. The largest absolute Gasteiger partial charge is 0.465 e. The molecule has 2 N–H and O–H groups in total. The third-order valence-electron chi connectivity index (χ3n) is 3.81. The lowest BCUT2D eigenvalue weighted by Gasteiger charge is -2.40. The van der Waals surface area contributed by atoms with Gasteiger partial charge in [0.2, 0.25) is 0 Å². The van der Waals surface area contributed by atoms with Gasteiger partial charge in [-0.15, -0.1) is 0 Å². The van der Waals surface area contributed by atoms with Gasteiger partial charge in [-0.1, -0.05) is 0 Å². The van der Waals surface area contributed by atoms with E-state index in [1.807, 2.05) is 0 Å². The predicted molar refractivity (Wildman–Crippen MR) is 75.2 cm³/mol. The monoisotopic (exact) mass is 263 g/mol. The van der Waals surface area contributed by atoms with Gasteiger partial charge < -0.3 is 15.4 Å². The van der Waals surface area contributed by atoms with Gasteiger partial charge in [0.05, 0.1) is 18.4 Å². The molecular formula is C14H21N3O2. The Bertz CT molecular complexity index is 466. The first kappa shape index (κ1) is 13.6. The summed E-state index contributed by atoms with van der Waals surface area (Å²) in [6.45, 7) is 4.34. The number of anilines is 2. The molecule has 5 heteroatoms. The average Bonchev–Trinajstić information content (AvgIpc) is 2.39. The molecule has 2 atom stereocenters. The van der Waals surface area contributed by atoms with Crippen molar-refractivity contribution in [2.45, 2.75) is 45.2 Å². The second-order valence-electron chi connectivity index (χ2n) is 5.12. The van der Waals surface area contributed by atoms with E-state index in [2.05, 4.69) is 23.7 Å². The van der Waals surface area contributed by atoms with Crippen LogP contribution in [0, 0.1) is 0 Å². The predicted octanol–water partition coefficient (Wildman–Crippen LogP) is 2.22. The van der Waals surface area contributed by atoms with Crippen LogP contribution in [0.3, 0.4) is 0 Å². The van der Waals surface area contributed by atoms with Crippen LogP contribution in [0.15, 0.2) is 12.3 Å². The molecule has 104 valence electrons. The van der Waals surface area contributed by atoms with Gasteiger partial charge >= 0.3 is 5.97 Å². The molecule has 0 bridgehead atoms. The minimum Gasteiger partial charge on any atom is -0.465 e. The highest BCUT2D eigenvalue weighted by atomic mass is 16.5. The van der Waals surface area contributed by atoms with E-state index in [0.29, 0.717) is 29.2 Å². The summed E-state index contributed by atoms with van der Waals surface area (Å²) >= 11 is 0. The maximum atomic E-state index is 11.7. The molecule has 1 aromatic heterocycles. The summed E-state index contributed by atoms with van der Waals surface area (Å²) in [7, 11) is 1.36. The molecule has 0 aromatic carbocycles. The van der Waals surface area contributed by atoms with Crippen LogP contribution < -0.4 is 10.6 Å². The van der Waals surface area contributed by atoms with Gasteiger partial charge in [0.15, 0.2) is 5.82 Å². The first-order chi connectivity index (χ1) is 9.06. The van der Waals surface area contributed by atoms with Crippen molar-refractivity contribution in [3.63, 3.8) is 0 Å². The summed E-state index contributed by atoms with van der Waals surface area (Å²) in [6.07, 6.45) is 5.07. The van der Waals surface area contributed by atoms with Crippen LogP contribution in [0.4, 0.5) is 11.5 Å². The van der Waals surface area contributed by atoms with Gasteiger partial charge in [-0.3, -0.25) is 0 Å². The summed E-state index contributed by atoms with van der Waals surface area (Å²) in [6, 6.07) is 2.36. The van der Waals surface area contributed by atoms with Gasteiger partial charge in [-0.05, 0) is 39.2 Å². The zero-order valence-corrected chi connectivity index (χ0v) is 11.7. The van der Waals surface area contributed by atoms with Crippen molar-refractivity contribution in [1.29, 1.82) is 0 Å². The lowest BCUT2D eigenvalue weighted by Crippen LogP contribution is -2.44. The fourth-order valence-corrected chi connectivity index (χ4v) is 2.79. The highest BCUT2D eigenvalue weighted by molar-refractivity contribution is 5.97. The summed E-state index contributed by atoms with van der Waals surface area (Å²) in [5, 5.41) is 0. The summed E-state index contributed by atoms with van der Waals surface area (Å²) in [5.41, 5.74) is 6.91. The molecule has 0 spiro atoms. The van der Waals surface area contributed by atoms with Gasteiger partial charge in [0.25, 0.3) is 0 Å². The molecule has 5 nitrogen and oxygen atoms in total. The van der Waals surface area contributed by atoms with Crippen LogP contribution in [0.25, 0.3) is 0 Å². The number of piperidine rings is 1. The van der Waals surface area contributed by atoms with Crippen LogP contribution in [-0.2, 0) is 4.74 Å². The number of ether oxygens (including phenoxy) is 1. The van der Waals surface area contributed by atoms with Gasteiger partial charge in [-0.2, -0.15) is 0 Å². The molecule has 0 radical (unpaired) electrons. The first-order valence-corrected chi connectivity index (χ1v) is 6.67. The number of rotatable bonds is 2. The molecule has 0 unspecified atom stereocenters. The molecule has 19 heavy (non-hydrogen) atoms. The molecule has 2 heterocycles. The number of nitrogens with zero attached hydrogens (tertiary/aromatic N) is 2.